The maximum absolute atomic E-state index is 14.2. The lowest BCUT2D eigenvalue weighted by atomic mass is 10.0. The summed E-state index contributed by atoms with van der Waals surface area (Å²) in [6.07, 6.45) is 2.62. The average molecular weight is 295 g/mol. The van der Waals surface area contributed by atoms with E-state index in [2.05, 4.69) is 10.6 Å². The molecule has 0 radical (unpaired) electrons. The summed E-state index contributed by atoms with van der Waals surface area (Å²) in [5.41, 5.74) is 7.42. The van der Waals surface area contributed by atoms with E-state index in [1.165, 1.54) is 6.07 Å². The third-order valence-corrected chi connectivity index (χ3v) is 3.57. The summed E-state index contributed by atoms with van der Waals surface area (Å²) in [4.78, 5) is 11.4. The Bertz CT molecular complexity index is 508. The van der Waals surface area contributed by atoms with E-state index >= 15 is 0 Å². The summed E-state index contributed by atoms with van der Waals surface area (Å²) in [7, 11) is 1.61. The second kappa shape index (κ2) is 7.38. The molecule has 1 amide bonds. The molecule has 1 aromatic carbocycles. The number of hydrogen-bond donors (Lipinski definition) is 3. The zero-order chi connectivity index (χ0) is 15.2. The van der Waals surface area contributed by atoms with Crippen LogP contribution in [0.5, 0.6) is 0 Å². The molecular weight excluding hydrogens is 273 g/mol. The molecule has 1 aliphatic heterocycles. The van der Waals surface area contributed by atoms with Gasteiger partial charge in [-0.2, -0.15) is 0 Å². The molecule has 21 heavy (non-hydrogen) atoms. The molecule has 116 valence electrons. The molecule has 1 unspecified atom stereocenters. The molecule has 1 aromatic rings. The van der Waals surface area contributed by atoms with Crippen molar-refractivity contribution >= 4 is 17.3 Å². The minimum atomic E-state index is -0.307. The highest BCUT2D eigenvalue weighted by molar-refractivity contribution is 5.94. The van der Waals surface area contributed by atoms with E-state index in [0.29, 0.717) is 37.4 Å². The minimum Gasteiger partial charge on any atom is -0.383 e. The van der Waals surface area contributed by atoms with Gasteiger partial charge >= 0.3 is 0 Å². The number of anilines is 2. The average Bonchev–Trinajstić information content (AvgIpc) is 2.46. The van der Waals surface area contributed by atoms with Gasteiger partial charge < -0.3 is 21.1 Å². The highest BCUT2D eigenvalue weighted by Crippen LogP contribution is 2.29. The van der Waals surface area contributed by atoms with E-state index in [-0.39, 0.29) is 17.8 Å². The van der Waals surface area contributed by atoms with Crippen LogP contribution in [0, 0.1) is 5.82 Å². The van der Waals surface area contributed by atoms with Crippen molar-refractivity contribution in [3.63, 3.8) is 0 Å². The monoisotopic (exact) mass is 295 g/mol. The first-order valence-corrected chi connectivity index (χ1v) is 7.22. The van der Waals surface area contributed by atoms with Crippen LogP contribution in [-0.4, -0.2) is 32.2 Å². The molecule has 4 N–H and O–H groups in total. The predicted octanol–water partition coefficient (Wildman–Crippen LogP) is 1.88. The number of nitrogens with two attached hydrogens (primary N) is 1. The number of nitrogens with one attached hydrogen (secondary N) is 2. The van der Waals surface area contributed by atoms with Crippen LogP contribution in [0.25, 0.3) is 0 Å². The highest BCUT2D eigenvalue weighted by atomic mass is 19.1. The molecule has 0 aliphatic carbocycles. The lowest BCUT2D eigenvalue weighted by molar-refractivity contribution is -0.116. The van der Waals surface area contributed by atoms with Crippen LogP contribution in [-0.2, 0) is 16.0 Å². The summed E-state index contributed by atoms with van der Waals surface area (Å²) < 4.78 is 19.3. The SMILES string of the molecule is COCC(CCCN)Nc1cc2c(cc1F)CCC(=O)N2. The Morgan fingerprint density at radius 1 is 1.48 bits per heavy atom. The van der Waals surface area contributed by atoms with E-state index in [1.54, 1.807) is 13.2 Å². The van der Waals surface area contributed by atoms with Gasteiger partial charge in [0.05, 0.1) is 12.3 Å². The van der Waals surface area contributed by atoms with Gasteiger partial charge in [-0.05, 0) is 43.5 Å². The number of amides is 1. The Labute approximate surface area is 124 Å². The molecule has 0 spiro atoms. The Hall–Kier alpha value is -1.66. The van der Waals surface area contributed by atoms with Crippen molar-refractivity contribution in [1.29, 1.82) is 0 Å². The largest absolute Gasteiger partial charge is 0.383 e. The van der Waals surface area contributed by atoms with Gasteiger partial charge in [-0.1, -0.05) is 0 Å². The third kappa shape index (κ3) is 4.15. The first kappa shape index (κ1) is 15.7. The molecule has 0 saturated heterocycles. The number of halogens is 1. The Kier molecular flexibility index (Phi) is 5.52. The second-order valence-electron chi connectivity index (χ2n) is 5.26. The quantitative estimate of drug-likeness (QED) is 0.718. The molecule has 0 bridgehead atoms. The maximum atomic E-state index is 14.2. The van der Waals surface area contributed by atoms with Gasteiger partial charge in [-0.15, -0.1) is 0 Å². The van der Waals surface area contributed by atoms with Gasteiger partial charge in [0.1, 0.15) is 5.82 Å². The van der Waals surface area contributed by atoms with Crippen molar-refractivity contribution in [3.8, 4) is 0 Å². The van der Waals surface area contributed by atoms with Gasteiger partial charge in [0.15, 0.2) is 0 Å². The number of benzene rings is 1. The predicted molar refractivity (Wildman–Crippen MR) is 80.9 cm³/mol. The van der Waals surface area contributed by atoms with Crippen molar-refractivity contribution in [2.45, 2.75) is 31.7 Å². The first-order valence-electron chi connectivity index (χ1n) is 7.22. The number of hydrogen-bond acceptors (Lipinski definition) is 4. The van der Waals surface area contributed by atoms with E-state index in [0.717, 1.165) is 18.4 Å². The fraction of sp³-hybridized carbons (Fsp3) is 0.533. The van der Waals surface area contributed by atoms with Crippen molar-refractivity contribution < 1.29 is 13.9 Å². The molecule has 1 atom stereocenters. The fourth-order valence-corrected chi connectivity index (χ4v) is 2.49. The summed E-state index contributed by atoms with van der Waals surface area (Å²) in [5.74, 6) is -0.338. The van der Waals surface area contributed by atoms with E-state index < -0.39 is 0 Å². The summed E-state index contributed by atoms with van der Waals surface area (Å²) >= 11 is 0. The number of methoxy groups -OCH3 is 1. The van der Waals surface area contributed by atoms with Crippen molar-refractivity contribution in [2.24, 2.45) is 5.73 Å². The van der Waals surface area contributed by atoms with Gasteiger partial charge in [0.2, 0.25) is 5.91 Å². The van der Waals surface area contributed by atoms with E-state index in [4.69, 9.17) is 10.5 Å². The number of fused-ring (bicyclic) bond motifs is 1. The Morgan fingerprint density at radius 2 is 2.29 bits per heavy atom. The molecule has 1 heterocycles. The number of carbonyl (C=O) groups excluding carboxylic acids is 1. The van der Waals surface area contributed by atoms with Crippen LogP contribution >= 0.6 is 0 Å². The fourth-order valence-electron chi connectivity index (χ4n) is 2.49. The van der Waals surface area contributed by atoms with Gasteiger partial charge in [-0.25, -0.2) is 4.39 Å². The molecular formula is C15H22FN3O2. The molecule has 5 nitrogen and oxygen atoms in total. The number of aryl methyl sites for hydroxylation is 1. The van der Waals surface area contributed by atoms with Crippen molar-refractivity contribution in [1.82, 2.24) is 0 Å². The molecule has 0 fully saturated rings. The number of carbonyl (C=O) groups is 1. The van der Waals surface area contributed by atoms with E-state index in [1.807, 2.05) is 0 Å². The maximum Gasteiger partial charge on any atom is 0.224 e. The van der Waals surface area contributed by atoms with Crippen LogP contribution in [0.2, 0.25) is 0 Å². The molecule has 6 heteroatoms. The van der Waals surface area contributed by atoms with Crippen LogP contribution in [0.1, 0.15) is 24.8 Å². The lowest BCUT2D eigenvalue weighted by Crippen LogP contribution is -2.27. The number of rotatable bonds is 7. The van der Waals surface area contributed by atoms with Gasteiger partial charge in [-0.3, -0.25) is 4.79 Å². The smallest absolute Gasteiger partial charge is 0.224 e. The molecule has 1 aliphatic rings. The van der Waals surface area contributed by atoms with Crippen molar-refractivity contribution in [3.05, 3.63) is 23.5 Å². The van der Waals surface area contributed by atoms with Crippen LogP contribution in [0.4, 0.5) is 15.8 Å². The van der Waals surface area contributed by atoms with Crippen LogP contribution < -0.4 is 16.4 Å². The Balaban J connectivity index is 2.14. The van der Waals surface area contributed by atoms with Gasteiger partial charge in [0, 0.05) is 25.3 Å². The topological polar surface area (TPSA) is 76.4 Å². The zero-order valence-electron chi connectivity index (χ0n) is 12.2. The van der Waals surface area contributed by atoms with E-state index in [9.17, 15) is 9.18 Å². The summed E-state index contributed by atoms with van der Waals surface area (Å²) in [6.45, 7) is 1.06. The minimum absolute atomic E-state index is 0.00890. The van der Waals surface area contributed by atoms with Gasteiger partial charge in [0.25, 0.3) is 0 Å². The summed E-state index contributed by atoms with van der Waals surface area (Å²) in [5, 5.41) is 5.92. The highest BCUT2D eigenvalue weighted by Gasteiger charge is 2.19. The Morgan fingerprint density at radius 3 is 3.00 bits per heavy atom. The zero-order valence-corrected chi connectivity index (χ0v) is 12.2. The molecule has 0 saturated carbocycles. The lowest BCUT2D eigenvalue weighted by Gasteiger charge is -2.22. The van der Waals surface area contributed by atoms with Crippen molar-refractivity contribution in [2.75, 3.05) is 30.9 Å². The molecule has 2 rings (SSSR count). The van der Waals surface area contributed by atoms with Crippen LogP contribution in [0.3, 0.4) is 0 Å². The number of ether oxygens (including phenoxy) is 1. The second-order valence-corrected chi connectivity index (χ2v) is 5.26. The molecule has 0 aromatic heterocycles. The third-order valence-electron chi connectivity index (χ3n) is 3.57. The van der Waals surface area contributed by atoms with Crippen LogP contribution in [0.15, 0.2) is 12.1 Å². The normalized spacial score (nSPS) is 15.3. The standard InChI is InChI=1S/C15H22FN3O2/c1-21-9-11(3-2-6-17)18-14-8-13-10(7-12(14)16)4-5-15(20)19-13/h7-8,11,18H,2-6,9,17H2,1H3,(H,19,20). The first-order chi connectivity index (χ1) is 10.1. The summed E-state index contributed by atoms with van der Waals surface area (Å²) in [6, 6.07) is 3.14.